The zero-order valence-electron chi connectivity index (χ0n) is 9.82. The van der Waals surface area contributed by atoms with Crippen LogP contribution < -0.4 is 5.73 Å². The van der Waals surface area contributed by atoms with Crippen molar-refractivity contribution in [3.05, 3.63) is 0 Å². The third-order valence-electron chi connectivity index (χ3n) is 3.91. The second-order valence-corrected chi connectivity index (χ2v) is 5.02. The van der Waals surface area contributed by atoms with Crippen LogP contribution in [0.15, 0.2) is 0 Å². The standard InChI is InChI=1S/C12H24N2O/c1-10-9-14(6-7-15-10)12-5-3-2-4-11(12)8-13/h10-12H,2-9,13H2,1H3. The van der Waals surface area contributed by atoms with E-state index in [-0.39, 0.29) is 0 Å². The number of hydrogen-bond donors (Lipinski definition) is 1. The van der Waals surface area contributed by atoms with Crippen molar-refractivity contribution in [2.24, 2.45) is 11.7 Å². The van der Waals surface area contributed by atoms with Crippen LogP contribution in [0.4, 0.5) is 0 Å². The molecule has 2 aliphatic rings. The first-order valence-electron chi connectivity index (χ1n) is 6.37. The Labute approximate surface area is 93.0 Å². The molecule has 0 aromatic heterocycles. The van der Waals surface area contributed by atoms with Crippen molar-refractivity contribution in [1.82, 2.24) is 4.90 Å². The van der Waals surface area contributed by atoms with Gasteiger partial charge in [0.1, 0.15) is 0 Å². The predicted octanol–water partition coefficient (Wildman–Crippen LogP) is 1.22. The summed E-state index contributed by atoms with van der Waals surface area (Å²) in [6.07, 6.45) is 5.83. The van der Waals surface area contributed by atoms with Crippen LogP contribution in [0.3, 0.4) is 0 Å². The van der Waals surface area contributed by atoms with Crippen LogP contribution in [-0.4, -0.2) is 43.3 Å². The highest BCUT2D eigenvalue weighted by atomic mass is 16.5. The molecule has 2 N–H and O–H groups in total. The average Bonchev–Trinajstić information content (AvgIpc) is 2.29. The summed E-state index contributed by atoms with van der Waals surface area (Å²) in [7, 11) is 0. The summed E-state index contributed by atoms with van der Waals surface area (Å²) < 4.78 is 5.59. The molecular weight excluding hydrogens is 188 g/mol. The molecule has 0 radical (unpaired) electrons. The third-order valence-corrected chi connectivity index (χ3v) is 3.91. The van der Waals surface area contributed by atoms with Gasteiger partial charge in [-0.15, -0.1) is 0 Å². The van der Waals surface area contributed by atoms with Crippen molar-refractivity contribution < 1.29 is 4.74 Å². The zero-order valence-corrected chi connectivity index (χ0v) is 9.82. The molecule has 2 fully saturated rings. The lowest BCUT2D eigenvalue weighted by molar-refractivity contribution is -0.0489. The topological polar surface area (TPSA) is 38.5 Å². The molecule has 2 rings (SSSR count). The molecule has 1 heterocycles. The molecule has 1 aliphatic heterocycles. The number of nitrogens with zero attached hydrogens (tertiary/aromatic N) is 1. The summed E-state index contributed by atoms with van der Waals surface area (Å²) in [6.45, 7) is 6.13. The summed E-state index contributed by atoms with van der Waals surface area (Å²) in [5, 5.41) is 0. The van der Waals surface area contributed by atoms with Crippen LogP contribution in [0.2, 0.25) is 0 Å². The van der Waals surface area contributed by atoms with Gasteiger partial charge in [0, 0.05) is 19.1 Å². The van der Waals surface area contributed by atoms with Crippen LogP contribution in [0.5, 0.6) is 0 Å². The van der Waals surface area contributed by atoms with E-state index in [1.807, 2.05) is 0 Å². The molecule has 15 heavy (non-hydrogen) atoms. The minimum Gasteiger partial charge on any atom is -0.376 e. The molecule has 0 spiro atoms. The minimum atomic E-state index is 0.402. The Kier molecular flexibility index (Phi) is 4.00. The first kappa shape index (κ1) is 11.4. The van der Waals surface area contributed by atoms with E-state index >= 15 is 0 Å². The maximum absolute atomic E-state index is 5.88. The van der Waals surface area contributed by atoms with E-state index in [9.17, 15) is 0 Å². The van der Waals surface area contributed by atoms with Gasteiger partial charge in [-0.1, -0.05) is 12.8 Å². The molecule has 3 unspecified atom stereocenters. The van der Waals surface area contributed by atoms with Crippen molar-refractivity contribution in [2.75, 3.05) is 26.2 Å². The molecule has 3 heteroatoms. The average molecular weight is 212 g/mol. The highest BCUT2D eigenvalue weighted by molar-refractivity contribution is 4.86. The third kappa shape index (κ3) is 2.71. The van der Waals surface area contributed by atoms with E-state index in [1.165, 1.54) is 25.7 Å². The largest absolute Gasteiger partial charge is 0.376 e. The maximum Gasteiger partial charge on any atom is 0.0674 e. The highest BCUT2D eigenvalue weighted by Crippen LogP contribution is 2.28. The number of nitrogens with two attached hydrogens (primary N) is 1. The molecule has 1 aliphatic carbocycles. The van der Waals surface area contributed by atoms with Crippen molar-refractivity contribution in [1.29, 1.82) is 0 Å². The van der Waals surface area contributed by atoms with Crippen molar-refractivity contribution in [3.8, 4) is 0 Å². The molecular formula is C12H24N2O. The Morgan fingerprint density at radius 2 is 2.13 bits per heavy atom. The zero-order chi connectivity index (χ0) is 10.7. The quantitative estimate of drug-likeness (QED) is 0.748. The van der Waals surface area contributed by atoms with Crippen molar-refractivity contribution >= 4 is 0 Å². The highest BCUT2D eigenvalue weighted by Gasteiger charge is 2.31. The monoisotopic (exact) mass is 212 g/mol. The van der Waals surface area contributed by atoms with Crippen LogP contribution in [0, 0.1) is 5.92 Å². The SMILES string of the molecule is CC1CN(C2CCCCC2CN)CCO1. The van der Waals surface area contributed by atoms with E-state index in [0.717, 1.165) is 38.2 Å². The molecule has 0 aromatic rings. The van der Waals surface area contributed by atoms with E-state index in [1.54, 1.807) is 0 Å². The molecule has 0 amide bonds. The summed E-state index contributed by atoms with van der Waals surface area (Å²) in [5.74, 6) is 0.726. The molecule has 1 saturated carbocycles. The van der Waals surface area contributed by atoms with E-state index in [2.05, 4.69) is 11.8 Å². The molecule has 0 aromatic carbocycles. The fourth-order valence-corrected chi connectivity index (χ4v) is 3.09. The number of rotatable bonds is 2. The van der Waals surface area contributed by atoms with Crippen LogP contribution in [0.25, 0.3) is 0 Å². The number of ether oxygens (including phenoxy) is 1. The van der Waals surface area contributed by atoms with Gasteiger partial charge in [-0.25, -0.2) is 0 Å². The Hall–Kier alpha value is -0.120. The fourth-order valence-electron chi connectivity index (χ4n) is 3.09. The van der Waals surface area contributed by atoms with E-state index in [0.29, 0.717) is 6.10 Å². The molecule has 1 saturated heterocycles. The second-order valence-electron chi connectivity index (χ2n) is 5.02. The Bertz CT molecular complexity index is 198. The van der Waals surface area contributed by atoms with Gasteiger partial charge in [-0.3, -0.25) is 4.90 Å². The molecule has 0 bridgehead atoms. The summed E-state index contributed by atoms with van der Waals surface area (Å²) >= 11 is 0. The van der Waals surface area contributed by atoms with Crippen LogP contribution in [-0.2, 0) is 4.74 Å². The Morgan fingerprint density at radius 1 is 1.33 bits per heavy atom. The van der Waals surface area contributed by atoms with Gasteiger partial charge in [0.15, 0.2) is 0 Å². The van der Waals surface area contributed by atoms with Gasteiger partial charge in [0.25, 0.3) is 0 Å². The van der Waals surface area contributed by atoms with Crippen molar-refractivity contribution in [2.45, 2.75) is 44.8 Å². The Morgan fingerprint density at radius 3 is 2.87 bits per heavy atom. The number of morpholine rings is 1. The first-order valence-corrected chi connectivity index (χ1v) is 6.37. The summed E-state index contributed by atoms with van der Waals surface area (Å²) in [4.78, 5) is 2.62. The Balaban J connectivity index is 1.94. The van der Waals surface area contributed by atoms with Gasteiger partial charge >= 0.3 is 0 Å². The predicted molar refractivity (Wildman–Crippen MR) is 61.8 cm³/mol. The van der Waals surface area contributed by atoms with Gasteiger partial charge in [0.05, 0.1) is 12.7 Å². The van der Waals surface area contributed by atoms with Crippen LogP contribution >= 0.6 is 0 Å². The lowest BCUT2D eigenvalue weighted by Crippen LogP contribution is -2.51. The number of hydrogen-bond acceptors (Lipinski definition) is 3. The molecule has 88 valence electrons. The first-order chi connectivity index (χ1) is 7.31. The van der Waals surface area contributed by atoms with Gasteiger partial charge in [-0.2, -0.15) is 0 Å². The molecule has 3 nitrogen and oxygen atoms in total. The van der Waals surface area contributed by atoms with E-state index in [4.69, 9.17) is 10.5 Å². The lowest BCUT2D eigenvalue weighted by Gasteiger charge is -2.43. The normalized spacial score (nSPS) is 39.2. The van der Waals surface area contributed by atoms with E-state index < -0.39 is 0 Å². The maximum atomic E-state index is 5.88. The summed E-state index contributed by atoms with van der Waals surface area (Å²) in [5.41, 5.74) is 5.88. The summed E-state index contributed by atoms with van der Waals surface area (Å²) in [6, 6.07) is 0.732. The van der Waals surface area contributed by atoms with Crippen LogP contribution in [0.1, 0.15) is 32.6 Å². The fraction of sp³-hybridized carbons (Fsp3) is 1.00. The van der Waals surface area contributed by atoms with Gasteiger partial charge in [-0.05, 0) is 32.2 Å². The second kappa shape index (κ2) is 5.28. The van der Waals surface area contributed by atoms with Gasteiger partial charge < -0.3 is 10.5 Å². The smallest absolute Gasteiger partial charge is 0.0674 e. The van der Waals surface area contributed by atoms with Gasteiger partial charge in [0.2, 0.25) is 0 Å². The molecule has 3 atom stereocenters. The van der Waals surface area contributed by atoms with Crippen molar-refractivity contribution in [3.63, 3.8) is 0 Å². The minimum absolute atomic E-state index is 0.402. The lowest BCUT2D eigenvalue weighted by atomic mass is 9.83.